The number of hydrogen-bond acceptors (Lipinski definition) is 4. The van der Waals surface area contributed by atoms with Gasteiger partial charge >= 0.3 is 6.29 Å². The molecule has 1 atom stereocenters. The third-order valence-electron chi connectivity index (χ3n) is 3.81. The average Bonchev–Trinajstić information content (AvgIpc) is 3.14. The fourth-order valence-electron chi connectivity index (χ4n) is 2.82. The molecule has 110 valence electrons. The maximum absolute atomic E-state index is 13.1. The maximum Gasteiger partial charge on any atom is 0.586 e. The Morgan fingerprint density at radius 1 is 1.29 bits per heavy atom. The van der Waals surface area contributed by atoms with Crippen LogP contribution in [0.15, 0.2) is 30.7 Å². The predicted octanol–water partition coefficient (Wildman–Crippen LogP) is 2.27. The van der Waals surface area contributed by atoms with Gasteiger partial charge in [0.2, 0.25) is 0 Å². The molecule has 3 heterocycles. The van der Waals surface area contributed by atoms with Crippen LogP contribution in [0.2, 0.25) is 0 Å². The Morgan fingerprint density at radius 3 is 2.95 bits per heavy atom. The number of benzene rings is 1. The van der Waals surface area contributed by atoms with Gasteiger partial charge in [0, 0.05) is 30.4 Å². The van der Waals surface area contributed by atoms with E-state index in [-0.39, 0.29) is 11.5 Å². The van der Waals surface area contributed by atoms with Crippen LogP contribution in [-0.2, 0) is 0 Å². The molecule has 5 nitrogen and oxygen atoms in total. The standard InChI is InChI=1S/C14H13F2N3O2/c15-14(16)20-12-2-1-10(5-13(12)21-14)19-8-18-7-11(19)9-3-4-17-6-9/h1-2,5,7-9,17H,3-4,6H2. The molecular weight excluding hydrogens is 280 g/mol. The summed E-state index contributed by atoms with van der Waals surface area (Å²) in [7, 11) is 0. The zero-order valence-electron chi connectivity index (χ0n) is 11.1. The lowest BCUT2D eigenvalue weighted by atomic mass is 10.1. The molecule has 1 fully saturated rings. The monoisotopic (exact) mass is 293 g/mol. The lowest BCUT2D eigenvalue weighted by Crippen LogP contribution is -2.25. The molecule has 7 heteroatoms. The largest absolute Gasteiger partial charge is 0.586 e. The molecular formula is C14H13F2N3O2. The van der Waals surface area contributed by atoms with Crippen molar-refractivity contribution in [3.05, 3.63) is 36.4 Å². The van der Waals surface area contributed by atoms with Gasteiger partial charge in [-0.3, -0.25) is 0 Å². The first-order valence-electron chi connectivity index (χ1n) is 6.76. The van der Waals surface area contributed by atoms with Crippen molar-refractivity contribution < 1.29 is 18.3 Å². The number of rotatable bonds is 2. The van der Waals surface area contributed by atoms with E-state index in [9.17, 15) is 8.78 Å². The van der Waals surface area contributed by atoms with Gasteiger partial charge in [-0.1, -0.05) is 0 Å². The van der Waals surface area contributed by atoms with Crippen LogP contribution in [0.3, 0.4) is 0 Å². The number of imidazole rings is 1. The van der Waals surface area contributed by atoms with Crippen molar-refractivity contribution in [2.75, 3.05) is 13.1 Å². The van der Waals surface area contributed by atoms with Crippen molar-refractivity contribution in [2.45, 2.75) is 18.6 Å². The SMILES string of the molecule is FC1(F)Oc2ccc(-n3cncc3C3CCNC3)cc2O1. The molecule has 1 aromatic heterocycles. The van der Waals surface area contributed by atoms with Crippen LogP contribution in [0, 0.1) is 0 Å². The molecule has 0 aliphatic carbocycles. The Labute approximate surface area is 119 Å². The zero-order chi connectivity index (χ0) is 14.4. The lowest BCUT2D eigenvalue weighted by molar-refractivity contribution is -0.286. The first-order valence-corrected chi connectivity index (χ1v) is 6.76. The second-order valence-corrected chi connectivity index (χ2v) is 5.18. The molecule has 1 aromatic carbocycles. The minimum atomic E-state index is -3.59. The van der Waals surface area contributed by atoms with Gasteiger partial charge in [-0.05, 0) is 25.1 Å². The minimum absolute atomic E-state index is 0.0432. The highest BCUT2D eigenvalue weighted by molar-refractivity contribution is 5.51. The van der Waals surface area contributed by atoms with E-state index in [1.165, 1.54) is 6.07 Å². The van der Waals surface area contributed by atoms with Gasteiger partial charge in [-0.2, -0.15) is 0 Å². The van der Waals surface area contributed by atoms with Crippen molar-refractivity contribution in [3.63, 3.8) is 0 Å². The summed E-state index contributed by atoms with van der Waals surface area (Å²) in [5.41, 5.74) is 1.79. The molecule has 0 spiro atoms. The Balaban J connectivity index is 1.71. The van der Waals surface area contributed by atoms with E-state index in [4.69, 9.17) is 0 Å². The van der Waals surface area contributed by atoms with Crippen LogP contribution in [0.4, 0.5) is 8.78 Å². The minimum Gasteiger partial charge on any atom is -0.395 e. The highest BCUT2D eigenvalue weighted by Gasteiger charge is 2.43. The summed E-state index contributed by atoms with van der Waals surface area (Å²) < 4.78 is 36.9. The molecule has 1 N–H and O–H groups in total. The second kappa shape index (κ2) is 4.42. The number of aromatic nitrogens is 2. The number of hydrogen-bond donors (Lipinski definition) is 1. The molecule has 2 aliphatic rings. The summed E-state index contributed by atoms with van der Waals surface area (Å²) in [6.45, 7) is 1.87. The van der Waals surface area contributed by atoms with E-state index in [1.807, 2.05) is 10.8 Å². The molecule has 0 amide bonds. The molecule has 0 radical (unpaired) electrons. The Hall–Kier alpha value is -2.15. The number of fused-ring (bicyclic) bond motifs is 1. The molecule has 0 saturated carbocycles. The quantitative estimate of drug-likeness (QED) is 0.923. The number of nitrogens with zero attached hydrogens (tertiary/aromatic N) is 2. The molecule has 0 bridgehead atoms. The summed E-state index contributed by atoms with van der Waals surface area (Å²) in [6, 6.07) is 4.75. The van der Waals surface area contributed by atoms with Crippen LogP contribution >= 0.6 is 0 Å². The van der Waals surface area contributed by atoms with Gasteiger partial charge in [-0.25, -0.2) is 4.98 Å². The van der Waals surface area contributed by atoms with Crippen LogP contribution in [0.25, 0.3) is 5.69 Å². The van der Waals surface area contributed by atoms with E-state index in [1.54, 1.807) is 18.5 Å². The Kier molecular flexibility index (Phi) is 2.65. The fourth-order valence-corrected chi connectivity index (χ4v) is 2.82. The van der Waals surface area contributed by atoms with Gasteiger partial charge in [0.05, 0.1) is 12.0 Å². The molecule has 2 aromatic rings. The Morgan fingerprint density at radius 2 is 2.14 bits per heavy atom. The number of halogens is 2. The fraction of sp³-hybridized carbons (Fsp3) is 0.357. The first kappa shape index (κ1) is 12.6. The maximum atomic E-state index is 13.1. The first-order chi connectivity index (χ1) is 10.1. The number of ether oxygens (including phenoxy) is 2. The molecule has 1 saturated heterocycles. The number of nitrogens with one attached hydrogen (secondary N) is 1. The molecule has 21 heavy (non-hydrogen) atoms. The summed E-state index contributed by atoms with van der Waals surface area (Å²) in [6.07, 6.45) is 0.947. The topological polar surface area (TPSA) is 48.3 Å². The second-order valence-electron chi connectivity index (χ2n) is 5.18. The third-order valence-corrected chi connectivity index (χ3v) is 3.81. The zero-order valence-corrected chi connectivity index (χ0v) is 11.1. The van der Waals surface area contributed by atoms with E-state index >= 15 is 0 Å². The van der Waals surface area contributed by atoms with E-state index < -0.39 is 6.29 Å². The van der Waals surface area contributed by atoms with Gasteiger partial charge < -0.3 is 19.4 Å². The molecule has 2 aliphatic heterocycles. The smallest absolute Gasteiger partial charge is 0.395 e. The van der Waals surface area contributed by atoms with Crippen molar-refractivity contribution in [1.29, 1.82) is 0 Å². The van der Waals surface area contributed by atoms with E-state index in [2.05, 4.69) is 19.8 Å². The van der Waals surface area contributed by atoms with Crippen molar-refractivity contribution in [2.24, 2.45) is 0 Å². The summed E-state index contributed by atoms with van der Waals surface area (Å²) in [4.78, 5) is 4.18. The van der Waals surface area contributed by atoms with Crippen molar-refractivity contribution >= 4 is 0 Å². The highest BCUT2D eigenvalue weighted by Crippen LogP contribution is 2.42. The normalized spacial score (nSPS) is 22.7. The van der Waals surface area contributed by atoms with Gasteiger partial charge in [0.25, 0.3) is 0 Å². The number of alkyl halides is 2. The summed E-state index contributed by atoms with van der Waals surface area (Å²) in [5.74, 6) is 0.467. The summed E-state index contributed by atoms with van der Waals surface area (Å²) in [5, 5.41) is 3.31. The molecule has 4 rings (SSSR count). The van der Waals surface area contributed by atoms with Crippen molar-refractivity contribution in [3.8, 4) is 17.2 Å². The Bertz CT molecular complexity index is 681. The van der Waals surface area contributed by atoms with Gasteiger partial charge in [0.1, 0.15) is 0 Å². The van der Waals surface area contributed by atoms with Crippen LogP contribution in [0.1, 0.15) is 18.0 Å². The lowest BCUT2D eigenvalue weighted by Gasteiger charge is -2.13. The van der Waals surface area contributed by atoms with Crippen LogP contribution < -0.4 is 14.8 Å². The average molecular weight is 293 g/mol. The summed E-state index contributed by atoms with van der Waals surface area (Å²) >= 11 is 0. The highest BCUT2D eigenvalue weighted by atomic mass is 19.3. The van der Waals surface area contributed by atoms with Gasteiger partial charge in [0.15, 0.2) is 11.5 Å². The van der Waals surface area contributed by atoms with Gasteiger partial charge in [-0.15, -0.1) is 8.78 Å². The van der Waals surface area contributed by atoms with Crippen LogP contribution in [0.5, 0.6) is 11.5 Å². The van der Waals surface area contributed by atoms with E-state index in [0.717, 1.165) is 30.9 Å². The van der Waals surface area contributed by atoms with Crippen molar-refractivity contribution in [1.82, 2.24) is 14.9 Å². The predicted molar refractivity (Wildman–Crippen MR) is 70.0 cm³/mol. The van der Waals surface area contributed by atoms with Crippen LogP contribution in [-0.4, -0.2) is 28.9 Å². The van der Waals surface area contributed by atoms with E-state index in [0.29, 0.717) is 5.92 Å². The third kappa shape index (κ3) is 2.13. The molecule has 1 unspecified atom stereocenters.